The molecular formula is C13H16O4S. The second-order valence-corrected chi connectivity index (χ2v) is 6.78. The van der Waals surface area contributed by atoms with Gasteiger partial charge in [0.1, 0.15) is 0 Å². The van der Waals surface area contributed by atoms with Crippen LogP contribution in [-0.4, -0.2) is 27.2 Å². The highest BCUT2D eigenvalue weighted by molar-refractivity contribution is 7.91. The van der Waals surface area contributed by atoms with Gasteiger partial charge in [-0.3, -0.25) is 0 Å². The molecule has 1 atom stereocenters. The summed E-state index contributed by atoms with van der Waals surface area (Å²) < 4.78 is 28.8. The number of sulfone groups is 1. The molecule has 0 radical (unpaired) electrons. The molecule has 4 nitrogen and oxygen atoms in total. The van der Waals surface area contributed by atoms with E-state index in [1.165, 1.54) is 13.2 Å². The van der Waals surface area contributed by atoms with Crippen molar-refractivity contribution in [2.24, 2.45) is 0 Å². The lowest BCUT2D eigenvalue weighted by Gasteiger charge is -2.23. The van der Waals surface area contributed by atoms with Gasteiger partial charge in [0, 0.05) is 0 Å². The van der Waals surface area contributed by atoms with Crippen LogP contribution in [0.2, 0.25) is 0 Å². The molecule has 0 fully saturated rings. The Kier molecular flexibility index (Phi) is 3.19. The number of ether oxygens (including phenoxy) is 1. The van der Waals surface area contributed by atoms with Crippen molar-refractivity contribution < 1.29 is 17.9 Å². The largest absolute Gasteiger partial charge is 0.465 e. The molecule has 1 heterocycles. The molecule has 0 bridgehead atoms. The summed E-state index contributed by atoms with van der Waals surface area (Å²) in [5.41, 5.74) is 1.89. The second-order valence-electron chi connectivity index (χ2n) is 4.71. The molecule has 0 saturated carbocycles. The number of rotatable bonds is 1. The van der Waals surface area contributed by atoms with Crippen molar-refractivity contribution in [1.29, 1.82) is 0 Å². The van der Waals surface area contributed by atoms with E-state index < -0.39 is 15.8 Å². The predicted molar refractivity (Wildman–Crippen MR) is 67.6 cm³/mol. The standard InChI is InChI=1S/C13H16O4S/c1-8-4-5-18(15,16)12-7-11(13(14)17-3)9(2)6-10(8)12/h6-8H,4-5H2,1-3H3. The van der Waals surface area contributed by atoms with Gasteiger partial charge in [0.05, 0.1) is 23.3 Å². The Morgan fingerprint density at radius 2 is 2.06 bits per heavy atom. The second kappa shape index (κ2) is 4.39. The fourth-order valence-corrected chi connectivity index (χ4v) is 4.09. The van der Waals surface area contributed by atoms with Crippen LogP contribution in [0.4, 0.5) is 0 Å². The molecular weight excluding hydrogens is 252 g/mol. The maximum absolute atomic E-state index is 12.0. The van der Waals surface area contributed by atoms with Crippen LogP contribution in [-0.2, 0) is 14.6 Å². The molecule has 1 aliphatic heterocycles. The Balaban J connectivity index is 2.70. The van der Waals surface area contributed by atoms with Crippen LogP contribution >= 0.6 is 0 Å². The number of benzene rings is 1. The van der Waals surface area contributed by atoms with Crippen LogP contribution in [0, 0.1) is 6.92 Å². The Morgan fingerprint density at radius 1 is 1.39 bits per heavy atom. The van der Waals surface area contributed by atoms with Crippen molar-refractivity contribution in [2.75, 3.05) is 12.9 Å². The molecule has 98 valence electrons. The molecule has 0 aromatic heterocycles. The Bertz CT molecular complexity index is 602. The molecule has 0 aliphatic carbocycles. The van der Waals surface area contributed by atoms with E-state index in [2.05, 4.69) is 4.74 Å². The number of carbonyl (C=O) groups excluding carboxylic acids is 1. The van der Waals surface area contributed by atoms with Gasteiger partial charge in [-0.25, -0.2) is 13.2 Å². The zero-order valence-electron chi connectivity index (χ0n) is 10.7. The van der Waals surface area contributed by atoms with Crippen LogP contribution in [0.15, 0.2) is 17.0 Å². The first-order valence-corrected chi connectivity index (χ1v) is 7.47. The van der Waals surface area contributed by atoms with E-state index in [0.29, 0.717) is 12.0 Å². The van der Waals surface area contributed by atoms with Crippen molar-refractivity contribution in [3.8, 4) is 0 Å². The van der Waals surface area contributed by atoms with E-state index in [0.717, 1.165) is 11.1 Å². The zero-order valence-corrected chi connectivity index (χ0v) is 11.5. The first-order valence-electron chi connectivity index (χ1n) is 5.82. The molecule has 0 N–H and O–H groups in total. The van der Waals surface area contributed by atoms with Crippen molar-refractivity contribution in [3.05, 3.63) is 28.8 Å². The minimum atomic E-state index is -3.26. The van der Waals surface area contributed by atoms with Crippen LogP contribution < -0.4 is 0 Å². The summed E-state index contributed by atoms with van der Waals surface area (Å²) in [5.74, 6) is -0.150. The number of aryl methyl sites for hydroxylation is 1. The third kappa shape index (κ3) is 2.03. The SMILES string of the molecule is COC(=O)c1cc2c(cc1C)C(C)CCS2(=O)=O. The molecule has 1 aromatic carbocycles. The fourth-order valence-electron chi connectivity index (χ4n) is 2.29. The Morgan fingerprint density at radius 3 is 2.67 bits per heavy atom. The number of carbonyl (C=O) groups is 1. The third-order valence-electron chi connectivity index (χ3n) is 3.45. The van der Waals surface area contributed by atoms with Crippen LogP contribution in [0.1, 0.15) is 40.7 Å². The highest BCUT2D eigenvalue weighted by Crippen LogP contribution is 2.35. The monoisotopic (exact) mass is 268 g/mol. The minimum Gasteiger partial charge on any atom is -0.465 e. The van der Waals surface area contributed by atoms with Crippen molar-refractivity contribution in [2.45, 2.75) is 31.1 Å². The van der Waals surface area contributed by atoms with Gasteiger partial charge in [0.25, 0.3) is 0 Å². The van der Waals surface area contributed by atoms with Gasteiger partial charge in [-0.15, -0.1) is 0 Å². The molecule has 0 amide bonds. The Hall–Kier alpha value is -1.36. The first kappa shape index (κ1) is 13.1. The van der Waals surface area contributed by atoms with E-state index in [1.807, 2.05) is 6.92 Å². The summed E-state index contributed by atoms with van der Waals surface area (Å²) in [6.45, 7) is 3.80. The molecule has 0 spiro atoms. The van der Waals surface area contributed by atoms with E-state index >= 15 is 0 Å². The summed E-state index contributed by atoms with van der Waals surface area (Å²) in [4.78, 5) is 11.9. The van der Waals surface area contributed by atoms with Crippen molar-refractivity contribution in [1.82, 2.24) is 0 Å². The van der Waals surface area contributed by atoms with Crippen LogP contribution in [0.5, 0.6) is 0 Å². The van der Waals surface area contributed by atoms with E-state index in [1.54, 1.807) is 13.0 Å². The van der Waals surface area contributed by atoms with Crippen molar-refractivity contribution in [3.63, 3.8) is 0 Å². The number of methoxy groups -OCH3 is 1. The maximum Gasteiger partial charge on any atom is 0.338 e. The van der Waals surface area contributed by atoms with E-state index in [-0.39, 0.29) is 16.6 Å². The average molecular weight is 268 g/mol. The van der Waals surface area contributed by atoms with Gasteiger partial charge in [0.2, 0.25) is 0 Å². The fraction of sp³-hybridized carbons (Fsp3) is 0.462. The molecule has 2 rings (SSSR count). The summed E-state index contributed by atoms with van der Waals surface area (Å²) in [6, 6.07) is 3.25. The van der Waals surface area contributed by atoms with Gasteiger partial charge in [-0.1, -0.05) is 13.0 Å². The maximum atomic E-state index is 12.0. The van der Waals surface area contributed by atoms with Crippen LogP contribution in [0.25, 0.3) is 0 Å². The van der Waals surface area contributed by atoms with Crippen LogP contribution in [0.3, 0.4) is 0 Å². The highest BCUT2D eigenvalue weighted by atomic mass is 32.2. The van der Waals surface area contributed by atoms with Gasteiger partial charge in [0.15, 0.2) is 9.84 Å². The summed E-state index contributed by atoms with van der Waals surface area (Å²) in [6.07, 6.45) is 0.631. The van der Waals surface area contributed by atoms with Gasteiger partial charge in [-0.05, 0) is 36.5 Å². The molecule has 1 aromatic rings. The summed E-state index contributed by atoms with van der Waals surface area (Å²) in [5, 5.41) is 0. The topological polar surface area (TPSA) is 60.4 Å². The first-order chi connectivity index (χ1) is 8.36. The number of fused-ring (bicyclic) bond motifs is 1. The van der Waals surface area contributed by atoms with Crippen molar-refractivity contribution >= 4 is 15.8 Å². The summed E-state index contributed by atoms with van der Waals surface area (Å²) in [7, 11) is -1.97. The molecule has 1 aliphatic rings. The number of hydrogen-bond donors (Lipinski definition) is 0. The molecule has 18 heavy (non-hydrogen) atoms. The molecule has 0 saturated heterocycles. The Labute approximate surface area is 107 Å². The van der Waals surface area contributed by atoms with E-state index in [4.69, 9.17) is 0 Å². The minimum absolute atomic E-state index is 0.144. The quantitative estimate of drug-likeness (QED) is 0.731. The van der Waals surface area contributed by atoms with E-state index in [9.17, 15) is 13.2 Å². The molecule has 5 heteroatoms. The lowest BCUT2D eigenvalue weighted by atomic mass is 9.94. The van der Waals surface area contributed by atoms with Gasteiger partial charge < -0.3 is 4.74 Å². The molecule has 1 unspecified atom stereocenters. The lowest BCUT2D eigenvalue weighted by Crippen LogP contribution is -2.20. The van der Waals surface area contributed by atoms with Gasteiger partial charge in [-0.2, -0.15) is 0 Å². The third-order valence-corrected chi connectivity index (χ3v) is 5.24. The smallest absolute Gasteiger partial charge is 0.338 e. The van der Waals surface area contributed by atoms with Gasteiger partial charge >= 0.3 is 5.97 Å². The normalized spacial score (nSPS) is 21.2. The highest BCUT2D eigenvalue weighted by Gasteiger charge is 2.29. The number of esters is 1. The number of hydrogen-bond acceptors (Lipinski definition) is 4. The predicted octanol–water partition coefficient (Wildman–Crippen LogP) is 2.06. The average Bonchev–Trinajstić information content (AvgIpc) is 2.33. The summed E-state index contributed by atoms with van der Waals surface area (Å²) >= 11 is 0. The zero-order chi connectivity index (χ0) is 13.5. The lowest BCUT2D eigenvalue weighted by molar-refractivity contribution is 0.0599.